The third kappa shape index (κ3) is 8.47. The van der Waals surface area contributed by atoms with E-state index in [1.165, 1.54) is 0 Å². The van der Waals surface area contributed by atoms with Gasteiger partial charge in [0.15, 0.2) is 5.96 Å². The molecule has 2 amide bonds. The lowest BCUT2D eigenvalue weighted by atomic mass is 10.0. The van der Waals surface area contributed by atoms with E-state index in [4.69, 9.17) is 17.2 Å². The molecule has 0 bridgehead atoms. The van der Waals surface area contributed by atoms with Crippen molar-refractivity contribution in [2.45, 2.75) is 45.3 Å². The molecule has 0 saturated heterocycles. The van der Waals surface area contributed by atoms with Gasteiger partial charge in [0, 0.05) is 13.0 Å². The molecular formula is C23H32N6O2. The fraction of sp³-hybridized carbons (Fsp3) is 0.348. The number of benzene rings is 2. The van der Waals surface area contributed by atoms with Crippen LogP contribution in [0.2, 0.25) is 0 Å². The van der Waals surface area contributed by atoms with Crippen molar-refractivity contribution in [3.63, 3.8) is 0 Å². The second-order valence-electron chi connectivity index (χ2n) is 7.91. The van der Waals surface area contributed by atoms with E-state index in [0.717, 1.165) is 11.1 Å². The average molecular weight is 425 g/mol. The minimum atomic E-state index is -0.728. The Bertz CT molecular complexity index is 877. The normalized spacial score (nSPS) is 12.6. The molecule has 0 aromatic heterocycles. The summed E-state index contributed by atoms with van der Waals surface area (Å²) in [5.41, 5.74) is 19.2. The summed E-state index contributed by atoms with van der Waals surface area (Å²) in [5, 5.41) is 5.70. The van der Waals surface area contributed by atoms with Gasteiger partial charge in [0.1, 0.15) is 6.04 Å². The second kappa shape index (κ2) is 11.7. The lowest BCUT2D eigenvalue weighted by molar-refractivity contribution is -0.129. The number of nitrogens with zero attached hydrogens (tertiary/aromatic N) is 1. The van der Waals surface area contributed by atoms with Crippen molar-refractivity contribution < 1.29 is 9.59 Å². The topological polar surface area (TPSA) is 149 Å². The Labute approximate surface area is 183 Å². The SMILES string of the molecule is CC(C)C[C@@H](N)C(=O)N[C@@H](Cc1ccccc1)C(=O)NCc1ccc(N=C(N)N)cc1. The number of carbonyl (C=O) groups is 2. The van der Waals surface area contributed by atoms with Gasteiger partial charge in [0.2, 0.25) is 11.8 Å². The van der Waals surface area contributed by atoms with Crippen LogP contribution in [0, 0.1) is 5.92 Å². The fourth-order valence-corrected chi connectivity index (χ4v) is 3.10. The van der Waals surface area contributed by atoms with Crippen LogP contribution in [0.15, 0.2) is 59.6 Å². The van der Waals surface area contributed by atoms with Crippen LogP contribution in [0.3, 0.4) is 0 Å². The van der Waals surface area contributed by atoms with Gasteiger partial charge in [0.05, 0.1) is 11.7 Å². The molecule has 2 aromatic carbocycles. The third-order valence-corrected chi connectivity index (χ3v) is 4.64. The molecule has 0 aliphatic carbocycles. The number of nitrogens with two attached hydrogens (primary N) is 3. The summed E-state index contributed by atoms with van der Waals surface area (Å²) >= 11 is 0. The van der Waals surface area contributed by atoms with E-state index < -0.39 is 12.1 Å². The number of hydrogen-bond acceptors (Lipinski definition) is 4. The Kier molecular flexibility index (Phi) is 9.02. The molecule has 166 valence electrons. The summed E-state index contributed by atoms with van der Waals surface area (Å²) in [5.74, 6) is -0.339. The molecule has 8 nitrogen and oxygen atoms in total. The molecular weight excluding hydrogens is 392 g/mol. The van der Waals surface area contributed by atoms with Crippen molar-refractivity contribution in [3.8, 4) is 0 Å². The van der Waals surface area contributed by atoms with Crippen LogP contribution >= 0.6 is 0 Å². The van der Waals surface area contributed by atoms with Gasteiger partial charge in [-0.3, -0.25) is 9.59 Å². The maximum absolute atomic E-state index is 12.9. The first-order valence-corrected chi connectivity index (χ1v) is 10.3. The highest BCUT2D eigenvalue weighted by atomic mass is 16.2. The number of hydrogen-bond donors (Lipinski definition) is 5. The van der Waals surface area contributed by atoms with E-state index in [9.17, 15) is 9.59 Å². The number of guanidine groups is 1. The molecule has 0 radical (unpaired) electrons. The van der Waals surface area contributed by atoms with Gasteiger partial charge in [-0.15, -0.1) is 0 Å². The van der Waals surface area contributed by atoms with Crippen LogP contribution in [0.1, 0.15) is 31.4 Å². The largest absolute Gasteiger partial charge is 0.370 e. The maximum atomic E-state index is 12.9. The van der Waals surface area contributed by atoms with E-state index in [-0.39, 0.29) is 23.7 Å². The summed E-state index contributed by atoms with van der Waals surface area (Å²) in [6.07, 6.45) is 0.921. The van der Waals surface area contributed by atoms with E-state index in [0.29, 0.717) is 25.1 Å². The summed E-state index contributed by atoms with van der Waals surface area (Å²) < 4.78 is 0. The van der Waals surface area contributed by atoms with Crippen LogP contribution in [0.5, 0.6) is 0 Å². The second-order valence-corrected chi connectivity index (χ2v) is 7.91. The lowest BCUT2D eigenvalue weighted by Gasteiger charge is -2.21. The van der Waals surface area contributed by atoms with Gasteiger partial charge >= 0.3 is 0 Å². The van der Waals surface area contributed by atoms with Crippen molar-refractivity contribution in [3.05, 3.63) is 65.7 Å². The van der Waals surface area contributed by atoms with E-state index in [2.05, 4.69) is 15.6 Å². The lowest BCUT2D eigenvalue weighted by Crippen LogP contribution is -2.52. The summed E-state index contributed by atoms with van der Waals surface area (Å²) in [7, 11) is 0. The molecule has 0 saturated carbocycles. The van der Waals surface area contributed by atoms with Gasteiger partial charge < -0.3 is 27.8 Å². The monoisotopic (exact) mass is 424 g/mol. The molecule has 8 heteroatoms. The predicted octanol–water partition coefficient (Wildman–Crippen LogP) is 1.31. The van der Waals surface area contributed by atoms with Gasteiger partial charge in [-0.05, 0) is 35.6 Å². The number of nitrogens with one attached hydrogen (secondary N) is 2. The minimum Gasteiger partial charge on any atom is -0.370 e. The van der Waals surface area contributed by atoms with E-state index >= 15 is 0 Å². The Balaban J connectivity index is 2.04. The summed E-state index contributed by atoms with van der Waals surface area (Å²) in [6.45, 7) is 4.31. The molecule has 0 heterocycles. The van der Waals surface area contributed by atoms with Crippen LogP contribution in [-0.4, -0.2) is 29.9 Å². The van der Waals surface area contributed by atoms with Crippen LogP contribution in [0.25, 0.3) is 0 Å². The number of amides is 2. The van der Waals surface area contributed by atoms with Crippen molar-refractivity contribution in [1.82, 2.24) is 10.6 Å². The fourth-order valence-electron chi connectivity index (χ4n) is 3.10. The summed E-state index contributed by atoms with van der Waals surface area (Å²) in [4.78, 5) is 29.4. The van der Waals surface area contributed by atoms with Crippen molar-refractivity contribution in [1.29, 1.82) is 0 Å². The number of aliphatic imine (C=N–C) groups is 1. The van der Waals surface area contributed by atoms with E-state index in [1.807, 2.05) is 56.3 Å². The zero-order chi connectivity index (χ0) is 22.8. The van der Waals surface area contributed by atoms with Crippen molar-refractivity contribution in [2.24, 2.45) is 28.1 Å². The first-order chi connectivity index (χ1) is 14.7. The highest BCUT2D eigenvalue weighted by Gasteiger charge is 2.24. The smallest absolute Gasteiger partial charge is 0.243 e. The Hall–Kier alpha value is -3.39. The molecule has 31 heavy (non-hydrogen) atoms. The molecule has 2 rings (SSSR count). The first-order valence-electron chi connectivity index (χ1n) is 10.3. The molecule has 2 aromatic rings. The van der Waals surface area contributed by atoms with Crippen LogP contribution < -0.4 is 27.8 Å². The molecule has 0 spiro atoms. The Morgan fingerprint density at radius 2 is 1.58 bits per heavy atom. The maximum Gasteiger partial charge on any atom is 0.243 e. The van der Waals surface area contributed by atoms with Gasteiger partial charge in [0.25, 0.3) is 0 Å². The molecule has 0 unspecified atom stereocenters. The van der Waals surface area contributed by atoms with Crippen LogP contribution in [-0.2, 0) is 22.6 Å². The van der Waals surface area contributed by atoms with E-state index in [1.54, 1.807) is 12.1 Å². The zero-order valence-corrected chi connectivity index (χ0v) is 18.0. The molecule has 0 aliphatic heterocycles. The van der Waals surface area contributed by atoms with Gasteiger partial charge in [-0.2, -0.15) is 0 Å². The molecule has 0 fully saturated rings. The third-order valence-electron chi connectivity index (χ3n) is 4.64. The number of rotatable bonds is 10. The predicted molar refractivity (Wildman–Crippen MR) is 123 cm³/mol. The number of carbonyl (C=O) groups excluding carboxylic acids is 2. The Morgan fingerprint density at radius 3 is 2.16 bits per heavy atom. The average Bonchev–Trinajstić information content (AvgIpc) is 2.72. The quantitative estimate of drug-likeness (QED) is 0.288. The molecule has 8 N–H and O–H groups in total. The highest BCUT2D eigenvalue weighted by molar-refractivity contribution is 5.89. The summed E-state index contributed by atoms with van der Waals surface area (Å²) in [6, 6.07) is 15.3. The minimum absolute atomic E-state index is 0.0174. The van der Waals surface area contributed by atoms with Crippen molar-refractivity contribution in [2.75, 3.05) is 0 Å². The molecule has 0 aliphatic rings. The highest BCUT2D eigenvalue weighted by Crippen LogP contribution is 2.13. The molecule has 2 atom stereocenters. The van der Waals surface area contributed by atoms with Gasteiger partial charge in [-0.1, -0.05) is 56.3 Å². The first kappa shape index (κ1) is 23.9. The Morgan fingerprint density at radius 1 is 0.935 bits per heavy atom. The van der Waals surface area contributed by atoms with Crippen LogP contribution in [0.4, 0.5) is 5.69 Å². The standard InChI is InChI=1S/C23H32N6O2/c1-15(2)12-19(24)21(30)29-20(13-16-6-4-3-5-7-16)22(31)27-14-17-8-10-18(11-9-17)28-23(25)26/h3-11,15,19-20H,12-14,24H2,1-2H3,(H,27,31)(H,29,30)(H4,25,26,28)/t19-,20+/m1/s1. The zero-order valence-electron chi connectivity index (χ0n) is 18.0. The van der Waals surface area contributed by atoms with Gasteiger partial charge in [-0.25, -0.2) is 4.99 Å². The van der Waals surface area contributed by atoms with Crippen molar-refractivity contribution >= 4 is 23.5 Å².